The maximum atomic E-state index is 6.83. The van der Waals surface area contributed by atoms with E-state index in [9.17, 15) is 0 Å². The Morgan fingerprint density at radius 3 is 1.89 bits per heavy atom. The summed E-state index contributed by atoms with van der Waals surface area (Å²) in [5, 5.41) is 4.59. The van der Waals surface area contributed by atoms with Crippen molar-refractivity contribution in [1.82, 2.24) is 4.98 Å². The molecule has 0 radical (unpaired) electrons. The van der Waals surface area contributed by atoms with E-state index >= 15 is 0 Å². The monoisotopic (exact) mass is 730 g/mol. The van der Waals surface area contributed by atoms with Crippen molar-refractivity contribution in [2.75, 3.05) is 4.90 Å². The Morgan fingerprint density at radius 2 is 1.11 bits per heavy atom. The minimum atomic E-state index is -0.112. The van der Waals surface area contributed by atoms with E-state index in [0.717, 1.165) is 61.3 Å². The molecule has 57 heavy (non-hydrogen) atoms. The van der Waals surface area contributed by atoms with Gasteiger partial charge in [-0.3, -0.25) is 4.98 Å². The van der Waals surface area contributed by atoms with Crippen LogP contribution in [-0.4, -0.2) is 4.98 Å². The van der Waals surface area contributed by atoms with E-state index in [4.69, 9.17) is 4.42 Å². The second kappa shape index (κ2) is 12.9. The summed E-state index contributed by atoms with van der Waals surface area (Å²) in [4.78, 5) is 6.83. The molecular weight excluding hydrogens is 693 g/mol. The molecule has 2 heterocycles. The van der Waals surface area contributed by atoms with Gasteiger partial charge < -0.3 is 9.32 Å². The number of furan rings is 1. The molecule has 8 aromatic carbocycles. The Kier molecular flexibility index (Phi) is 7.52. The first kappa shape index (κ1) is 33.1. The molecule has 0 saturated carbocycles. The maximum Gasteiger partial charge on any atom is 0.143 e. The summed E-state index contributed by atoms with van der Waals surface area (Å²) >= 11 is 0. The quantitative estimate of drug-likeness (QED) is 0.171. The number of benzene rings is 8. The molecule has 0 bridgehead atoms. The summed E-state index contributed by atoms with van der Waals surface area (Å²) in [7, 11) is 0. The molecule has 3 nitrogen and oxygen atoms in total. The van der Waals surface area contributed by atoms with Gasteiger partial charge in [0.1, 0.15) is 11.2 Å². The van der Waals surface area contributed by atoms with Crippen molar-refractivity contribution < 1.29 is 4.42 Å². The van der Waals surface area contributed by atoms with Crippen LogP contribution in [0.5, 0.6) is 0 Å². The molecule has 11 rings (SSSR count). The van der Waals surface area contributed by atoms with Crippen molar-refractivity contribution in [3.05, 3.63) is 206 Å². The lowest BCUT2D eigenvalue weighted by Crippen LogP contribution is -2.16. The third kappa shape index (κ3) is 5.31. The predicted molar refractivity (Wildman–Crippen MR) is 238 cm³/mol. The zero-order valence-corrected chi connectivity index (χ0v) is 31.8. The smallest absolute Gasteiger partial charge is 0.143 e. The van der Waals surface area contributed by atoms with Gasteiger partial charge in [0.05, 0.1) is 0 Å². The largest absolute Gasteiger partial charge is 0.455 e. The molecule has 0 fully saturated rings. The molecule has 3 heteroatoms. The van der Waals surface area contributed by atoms with E-state index in [0.29, 0.717) is 0 Å². The predicted octanol–water partition coefficient (Wildman–Crippen LogP) is 14.9. The van der Waals surface area contributed by atoms with Crippen molar-refractivity contribution in [1.29, 1.82) is 0 Å². The SMILES string of the molecule is CC1(C)c2ccccc2-c2ccc(N(c3ccc(-c4ccccc4)cc3)c3ccc(-c4cc5ccccc5c5c4oc4cccc(-c6cccnc6)c45)cc3)cc21. The molecule has 0 N–H and O–H groups in total. The minimum Gasteiger partial charge on any atom is -0.455 e. The molecule has 270 valence electrons. The first-order chi connectivity index (χ1) is 28.0. The molecule has 0 unspecified atom stereocenters. The van der Waals surface area contributed by atoms with Crippen LogP contribution in [-0.2, 0) is 5.41 Å². The third-order valence-corrected chi connectivity index (χ3v) is 12.0. The van der Waals surface area contributed by atoms with Gasteiger partial charge in [-0.25, -0.2) is 0 Å². The second-order valence-corrected chi connectivity index (χ2v) is 15.6. The van der Waals surface area contributed by atoms with E-state index in [2.05, 4.69) is 200 Å². The fourth-order valence-corrected chi connectivity index (χ4v) is 9.15. The first-order valence-electron chi connectivity index (χ1n) is 19.6. The topological polar surface area (TPSA) is 29.3 Å². The van der Waals surface area contributed by atoms with Crippen LogP contribution in [0.1, 0.15) is 25.0 Å². The van der Waals surface area contributed by atoms with Crippen molar-refractivity contribution in [3.63, 3.8) is 0 Å². The zero-order valence-electron chi connectivity index (χ0n) is 31.8. The van der Waals surface area contributed by atoms with Gasteiger partial charge in [-0.05, 0) is 110 Å². The van der Waals surface area contributed by atoms with Crippen LogP contribution in [0.3, 0.4) is 0 Å². The van der Waals surface area contributed by atoms with Crippen molar-refractivity contribution >= 4 is 49.8 Å². The molecule has 0 amide bonds. The normalized spacial score (nSPS) is 12.9. The number of hydrogen-bond donors (Lipinski definition) is 0. The van der Waals surface area contributed by atoms with Gasteiger partial charge in [0.15, 0.2) is 0 Å². The van der Waals surface area contributed by atoms with E-state index in [1.807, 2.05) is 18.5 Å². The summed E-state index contributed by atoms with van der Waals surface area (Å²) in [6.07, 6.45) is 3.75. The van der Waals surface area contributed by atoms with E-state index in [1.165, 1.54) is 44.2 Å². The Labute approximate surface area is 332 Å². The van der Waals surface area contributed by atoms with Crippen molar-refractivity contribution in [2.24, 2.45) is 0 Å². The van der Waals surface area contributed by atoms with Gasteiger partial charge in [-0.15, -0.1) is 0 Å². The molecule has 10 aromatic rings. The van der Waals surface area contributed by atoms with Gasteiger partial charge in [0.2, 0.25) is 0 Å². The van der Waals surface area contributed by atoms with Crippen LogP contribution in [0.4, 0.5) is 17.1 Å². The summed E-state index contributed by atoms with van der Waals surface area (Å²) in [5.74, 6) is 0. The lowest BCUT2D eigenvalue weighted by molar-refractivity contribution is 0.660. The van der Waals surface area contributed by atoms with E-state index in [-0.39, 0.29) is 5.41 Å². The minimum absolute atomic E-state index is 0.112. The van der Waals surface area contributed by atoms with E-state index < -0.39 is 0 Å². The number of pyridine rings is 1. The molecule has 2 aromatic heterocycles. The van der Waals surface area contributed by atoms with Crippen LogP contribution >= 0.6 is 0 Å². The highest BCUT2D eigenvalue weighted by Gasteiger charge is 2.35. The Hall–Kier alpha value is -7.23. The van der Waals surface area contributed by atoms with Gasteiger partial charge in [-0.1, -0.05) is 141 Å². The van der Waals surface area contributed by atoms with Crippen LogP contribution in [0.25, 0.3) is 77.2 Å². The number of rotatable bonds is 6. The van der Waals surface area contributed by atoms with Crippen LogP contribution in [0.15, 0.2) is 199 Å². The second-order valence-electron chi connectivity index (χ2n) is 15.6. The van der Waals surface area contributed by atoms with Crippen molar-refractivity contribution in [3.8, 4) is 44.5 Å². The van der Waals surface area contributed by atoms with Crippen LogP contribution in [0.2, 0.25) is 0 Å². The number of anilines is 3. The third-order valence-electron chi connectivity index (χ3n) is 12.0. The van der Waals surface area contributed by atoms with Crippen molar-refractivity contribution in [2.45, 2.75) is 19.3 Å². The van der Waals surface area contributed by atoms with Gasteiger partial charge in [0.25, 0.3) is 0 Å². The number of fused-ring (bicyclic) bond motifs is 8. The van der Waals surface area contributed by atoms with E-state index in [1.54, 1.807) is 0 Å². The zero-order chi connectivity index (χ0) is 38.1. The molecule has 0 spiro atoms. The molecule has 0 saturated heterocycles. The summed E-state index contributed by atoms with van der Waals surface area (Å²) < 4.78 is 6.83. The molecule has 1 aliphatic rings. The maximum absolute atomic E-state index is 6.83. The highest BCUT2D eigenvalue weighted by molar-refractivity contribution is 6.25. The first-order valence-corrected chi connectivity index (χ1v) is 19.6. The fourth-order valence-electron chi connectivity index (χ4n) is 9.15. The average molecular weight is 731 g/mol. The molecular formula is C54H38N2O. The summed E-state index contributed by atoms with van der Waals surface area (Å²) in [6.45, 7) is 4.69. The summed E-state index contributed by atoms with van der Waals surface area (Å²) in [5.41, 5.74) is 17.1. The lowest BCUT2D eigenvalue weighted by Gasteiger charge is -2.28. The standard InChI is InChI=1S/C54H38N2O/c1-54(2)48-19-9-8-17-45(48)46-30-29-42(33-49(46)54)56(40-25-21-36(22-26-40)35-12-4-3-5-13-35)41-27-23-37(24-28-41)47-32-38-14-6-7-16-43(38)52-51-44(39-15-11-31-55-34-39)18-10-20-50(51)57-53(47)52/h3-34H,1-2H3. The van der Waals surface area contributed by atoms with Gasteiger partial charge in [0, 0.05) is 56.8 Å². The van der Waals surface area contributed by atoms with Gasteiger partial charge in [-0.2, -0.15) is 0 Å². The molecule has 1 aliphatic carbocycles. The average Bonchev–Trinajstić information content (AvgIpc) is 3.78. The molecule has 0 atom stereocenters. The highest BCUT2D eigenvalue weighted by atomic mass is 16.3. The Bertz CT molecular complexity index is 3120. The highest BCUT2D eigenvalue weighted by Crippen LogP contribution is 2.51. The number of aromatic nitrogens is 1. The summed E-state index contributed by atoms with van der Waals surface area (Å²) in [6, 6.07) is 65.7. The van der Waals surface area contributed by atoms with Crippen LogP contribution in [0, 0.1) is 0 Å². The number of hydrogen-bond acceptors (Lipinski definition) is 3. The Balaban J connectivity index is 1.07. The van der Waals surface area contributed by atoms with Gasteiger partial charge >= 0.3 is 0 Å². The number of nitrogens with zero attached hydrogens (tertiary/aromatic N) is 2. The fraction of sp³-hybridized carbons (Fsp3) is 0.0556. The van der Waals surface area contributed by atoms with Crippen LogP contribution < -0.4 is 4.90 Å². The lowest BCUT2D eigenvalue weighted by atomic mass is 9.82. The molecule has 0 aliphatic heterocycles. The Morgan fingerprint density at radius 1 is 0.456 bits per heavy atom.